The molecule has 1 aromatic carbocycles. The van der Waals surface area contributed by atoms with Crippen molar-refractivity contribution in [3.05, 3.63) is 102 Å². The van der Waals surface area contributed by atoms with Crippen LogP contribution in [0.25, 0.3) is 27.9 Å². The van der Waals surface area contributed by atoms with Gasteiger partial charge in [0.05, 0.1) is 47.9 Å². The van der Waals surface area contributed by atoms with Gasteiger partial charge in [0.2, 0.25) is 5.78 Å². The summed E-state index contributed by atoms with van der Waals surface area (Å²) in [5, 5.41) is 0.505. The summed E-state index contributed by atoms with van der Waals surface area (Å²) >= 11 is 0. The minimum absolute atomic E-state index is 0.240. The van der Waals surface area contributed by atoms with Crippen molar-refractivity contribution in [3.63, 3.8) is 0 Å². The standard InChI is InChI=1S/C17H19N3.C14H10N4O3/c1-20-11-7-15(8-12-20)17(14-5-3-2-4-6-14)16-13-18-9-10-19-16;1-21-11-6-18-13(9-5-15-2-3-16-9)14-12(11)8(4-17-14)10(20)7-19/h2-6,9-10,13H,7-8,11-12H2,1H3;2-7,17H,1H3. The number of carbonyl (C=O) groups is 2. The van der Waals surface area contributed by atoms with Crippen LogP contribution in [-0.4, -0.2) is 74.1 Å². The Morgan fingerprint density at radius 2 is 1.68 bits per heavy atom. The van der Waals surface area contributed by atoms with E-state index in [2.05, 4.69) is 72.2 Å². The van der Waals surface area contributed by atoms with Crippen LogP contribution in [0.2, 0.25) is 0 Å². The summed E-state index contributed by atoms with van der Waals surface area (Å²) in [5.74, 6) is -0.222. The zero-order valence-electron chi connectivity index (χ0n) is 22.8. The van der Waals surface area contributed by atoms with E-state index in [-0.39, 0.29) is 11.8 Å². The Labute approximate surface area is 237 Å². The molecule has 1 fully saturated rings. The van der Waals surface area contributed by atoms with Gasteiger partial charge in [0.25, 0.3) is 0 Å². The van der Waals surface area contributed by atoms with Gasteiger partial charge < -0.3 is 14.6 Å². The van der Waals surface area contributed by atoms with Gasteiger partial charge in [-0.15, -0.1) is 0 Å². The zero-order chi connectivity index (χ0) is 28.6. The summed E-state index contributed by atoms with van der Waals surface area (Å²) < 4.78 is 5.23. The van der Waals surface area contributed by atoms with E-state index in [0.717, 1.165) is 31.6 Å². The number of nitrogens with one attached hydrogen (secondary N) is 1. The molecule has 5 heterocycles. The number of hydrogen-bond acceptors (Lipinski definition) is 9. The number of piperidine rings is 1. The van der Waals surface area contributed by atoms with Gasteiger partial charge in [0.15, 0.2) is 6.29 Å². The number of rotatable bonds is 6. The number of methoxy groups -OCH3 is 1. The number of aldehydes is 1. The Morgan fingerprint density at radius 1 is 0.951 bits per heavy atom. The van der Waals surface area contributed by atoms with Crippen molar-refractivity contribution < 1.29 is 14.3 Å². The number of aromatic amines is 1. The van der Waals surface area contributed by atoms with Crippen LogP contribution in [0.15, 0.2) is 85.5 Å². The minimum Gasteiger partial charge on any atom is -0.494 e. The Morgan fingerprint density at radius 3 is 2.32 bits per heavy atom. The van der Waals surface area contributed by atoms with Gasteiger partial charge in [-0.25, -0.2) is 4.98 Å². The third-order valence-corrected chi connectivity index (χ3v) is 6.90. The average molecular weight is 548 g/mol. The molecule has 1 aliphatic heterocycles. The van der Waals surface area contributed by atoms with E-state index in [0.29, 0.717) is 28.0 Å². The second-order valence-electron chi connectivity index (χ2n) is 9.44. The smallest absolute Gasteiger partial charge is 0.227 e. The van der Waals surface area contributed by atoms with Gasteiger partial charge in [-0.2, -0.15) is 0 Å². The number of ketones is 1. The molecule has 206 valence electrons. The Balaban J connectivity index is 0.000000165. The minimum atomic E-state index is -0.629. The van der Waals surface area contributed by atoms with E-state index in [1.54, 1.807) is 31.0 Å². The molecule has 1 aliphatic rings. The maximum Gasteiger partial charge on any atom is 0.227 e. The van der Waals surface area contributed by atoms with E-state index in [1.165, 1.54) is 36.2 Å². The Kier molecular flexibility index (Phi) is 8.61. The van der Waals surface area contributed by atoms with Gasteiger partial charge in [0, 0.05) is 49.6 Å². The van der Waals surface area contributed by atoms with E-state index in [4.69, 9.17) is 4.74 Å². The molecule has 0 bridgehead atoms. The van der Waals surface area contributed by atoms with Crippen molar-refractivity contribution in [1.29, 1.82) is 0 Å². The van der Waals surface area contributed by atoms with E-state index >= 15 is 0 Å². The molecule has 5 aromatic rings. The van der Waals surface area contributed by atoms with Crippen LogP contribution in [0, 0.1) is 0 Å². The highest BCUT2D eigenvalue weighted by Gasteiger charge is 2.20. The number of fused-ring (bicyclic) bond motifs is 1. The Hall–Kier alpha value is -5.09. The number of Topliss-reactive ketones (excluding diaryl/α,β-unsaturated/α-hetero) is 1. The molecule has 0 atom stereocenters. The molecular formula is C31H29N7O3. The number of benzene rings is 1. The highest BCUT2D eigenvalue weighted by Crippen LogP contribution is 2.33. The van der Waals surface area contributed by atoms with E-state index < -0.39 is 5.78 Å². The molecule has 0 spiro atoms. The number of likely N-dealkylation sites (tertiary alicyclic amines) is 1. The lowest BCUT2D eigenvalue weighted by Crippen LogP contribution is -2.27. The number of nitrogens with zero attached hydrogens (tertiary/aromatic N) is 6. The summed E-state index contributed by atoms with van der Waals surface area (Å²) in [7, 11) is 3.65. The molecule has 10 heteroatoms. The number of H-pyrrole nitrogens is 1. The average Bonchev–Trinajstić information content (AvgIpc) is 3.49. The molecule has 1 saturated heterocycles. The highest BCUT2D eigenvalue weighted by molar-refractivity contribution is 6.37. The summed E-state index contributed by atoms with van der Waals surface area (Å²) in [6, 6.07) is 10.5. The molecule has 0 radical (unpaired) electrons. The molecule has 0 amide bonds. The number of ether oxygens (including phenoxy) is 1. The fourth-order valence-electron chi connectivity index (χ4n) is 4.85. The fourth-order valence-corrected chi connectivity index (χ4v) is 4.85. The second-order valence-corrected chi connectivity index (χ2v) is 9.44. The van der Waals surface area contributed by atoms with Crippen LogP contribution in [0.1, 0.15) is 34.5 Å². The molecular weight excluding hydrogens is 518 g/mol. The van der Waals surface area contributed by atoms with Crippen molar-refractivity contribution in [2.24, 2.45) is 0 Å². The first-order valence-electron chi connectivity index (χ1n) is 13.1. The highest BCUT2D eigenvalue weighted by atomic mass is 16.5. The first-order valence-corrected chi connectivity index (χ1v) is 13.1. The molecule has 41 heavy (non-hydrogen) atoms. The molecule has 6 rings (SSSR count). The van der Waals surface area contributed by atoms with Crippen LogP contribution >= 0.6 is 0 Å². The molecule has 0 aliphatic carbocycles. The first kappa shape index (κ1) is 27.5. The molecule has 0 unspecified atom stereocenters. The van der Waals surface area contributed by atoms with Crippen molar-refractivity contribution in [2.75, 3.05) is 27.2 Å². The number of carbonyl (C=O) groups excluding carboxylic acids is 2. The van der Waals surface area contributed by atoms with Crippen LogP contribution in [0.4, 0.5) is 0 Å². The van der Waals surface area contributed by atoms with E-state index in [1.807, 2.05) is 6.20 Å². The fraction of sp³-hybridized carbons (Fsp3) is 0.194. The number of pyridine rings is 1. The maximum atomic E-state index is 11.7. The zero-order valence-corrected chi connectivity index (χ0v) is 22.8. The van der Waals surface area contributed by atoms with Crippen molar-refractivity contribution in [2.45, 2.75) is 12.8 Å². The normalized spacial score (nSPS) is 13.3. The van der Waals surface area contributed by atoms with Gasteiger partial charge in [-0.1, -0.05) is 35.9 Å². The van der Waals surface area contributed by atoms with Crippen LogP contribution < -0.4 is 4.74 Å². The second kappa shape index (κ2) is 12.8. The molecule has 1 N–H and O–H groups in total. The summed E-state index contributed by atoms with van der Waals surface area (Å²) in [4.78, 5) is 49.0. The lowest BCUT2D eigenvalue weighted by atomic mass is 9.91. The Bertz CT molecular complexity index is 1620. The van der Waals surface area contributed by atoms with Gasteiger partial charge >= 0.3 is 0 Å². The largest absolute Gasteiger partial charge is 0.494 e. The van der Waals surface area contributed by atoms with Crippen LogP contribution in [-0.2, 0) is 4.79 Å². The SMILES string of the molecule is CN1CCC(=C(c2ccccc2)c2cnccn2)CC1.COc1cnc(-c2cnccn2)c2[nH]cc(C(=O)C=O)c12. The number of hydrogen-bond donors (Lipinski definition) is 1. The maximum absolute atomic E-state index is 11.7. The third-order valence-electron chi connectivity index (χ3n) is 6.90. The summed E-state index contributed by atoms with van der Waals surface area (Å²) in [5.41, 5.74) is 6.89. The first-order chi connectivity index (χ1) is 20.1. The van der Waals surface area contributed by atoms with Gasteiger partial charge in [-0.05, 0) is 25.5 Å². The van der Waals surface area contributed by atoms with Crippen LogP contribution in [0.5, 0.6) is 5.75 Å². The van der Waals surface area contributed by atoms with Crippen molar-refractivity contribution in [3.8, 4) is 17.1 Å². The monoisotopic (exact) mass is 547 g/mol. The third kappa shape index (κ3) is 6.07. The van der Waals surface area contributed by atoms with Gasteiger partial charge in [-0.3, -0.25) is 29.5 Å². The van der Waals surface area contributed by atoms with E-state index in [9.17, 15) is 9.59 Å². The van der Waals surface area contributed by atoms with Crippen molar-refractivity contribution in [1.82, 2.24) is 34.8 Å². The topological polar surface area (TPSA) is 127 Å². The summed E-state index contributed by atoms with van der Waals surface area (Å²) in [6.07, 6.45) is 15.5. The molecule has 0 saturated carbocycles. The molecule has 10 nitrogen and oxygen atoms in total. The predicted octanol–water partition coefficient (Wildman–Crippen LogP) is 4.41. The predicted molar refractivity (Wildman–Crippen MR) is 155 cm³/mol. The lowest BCUT2D eigenvalue weighted by Gasteiger charge is -2.26. The van der Waals surface area contributed by atoms with Gasteiger partial charge in [0.1, 0.15) is 17.1 Å². The summed E-state index contributed by atoms with van der Waals surface area (Å²) in [6.45, 7) is 2.23. The van der Waals surface area contributed by atoms with Crippen molar-refractivity contribution >= 4 is 28.5 Å². The number of aromatic nitrogens is 6. The molecule has 4 aromatic heterocycles. The van der Waals surface area contributed by atoms with Crippen LogP contribution in [0.3, 0.4) is 0 Å². The quantitative estimate of drug-likeness (QED) is 0.187. The lowest BCUT2D eigenvalue weighted by molar-refractivity contribution is -0.104.